The maximum atomic E-state index is 11.5. The minimum atomic E-state index is -0.464. The number of hydrogen-bond donors (Lipinski definition) is 1. The van der Waals surface area contributed by atoms with Gasteiger partial charge in [-0.15, -0.1) is 0 Å². The number of non-ortho nitro benzene ring substituents is 1. The zero-order chi connectivity index (χ0) is 13.3. The van der Waals surface area contributed by atoms with Gasteiger partial charge in [-0.25, -0.2) is 5.10 Å². The van der Waals surface area contributed by atoms with Crippen LogP contribution >= 0.6 is 0 Å². The molecule has 0 radical (unpaired) electrons. The van der Waals surface area contributed by atoms with Crippen molar-refractivity contribution in [1.29, 1.82) is 0 Å². The lowest BCUT2D eigenvalue weighted by Gasteiger charge is -2.07. The average Bonchev–Trinajstić information content (AvgIpc) is 2.35. The van der Waals surface area contributed by atoms with Crippen LogP contribution in [-0.2, 0) is 0 Å². The number of aromatic amines is 1. The minimum Gasteiger partial charge on any atom is -0.268 e. The molecule has 1 N–H and O–H groups in total. The molecule has 0 unspecified atom stereocenters. The van der Waals surface area contributed by atoms with E-state index in [0.29, 0.717) is 22.4 Å². The second kappa shape index (κ2) is 4.40. The smallest absolute Gasteiger partial charge is 0.268 e. The van der Waals surface area contributed by atoms with Crippen molar-refractivity contribution in [2.75, 3.05) is 0 Å². The van der Waals surface area contributed by atoms with Crippen molar-refractivity contribution < 1.29 is 4.92 Å². The van der Waals surface area contributed by atoms with Gasteiger partial charge in [-0.2, -0.15) is 5.10 Å². The van der Waals surface area contributed by atoms with E-state index in [4.69, 9.17) is 0 Å². The number of nitrogens with one attached hydrogen (secondary N) is 1. The third-order valence-electron chi connectivity index (χ3n) is 2.75. The summed E-state index contributed by atoms with van der Waals surface area (Å²) >= 11 is 0. The summed E-state index contributed by atoms with van der Waals surface area (Å²) in [6, 6.07) is 6.17. The Bertz CT molecular complexity index is 677. The molecule has 0 spiro atoms. The maximum Gasteiger partial charge on any atom is 0.270 e. The topological polar surface area (TPSA) is 88.9 Å². The molecule has 0 aliphatic rings. The summed E-state index contributed by atoms with van der Waals surface area (Å²) in [5, 5.41) is 17.0. The monoisotopic (exact) mass is 245 g/mol. The molecule has 6 nitrogen and oxygen atoms in total. The van der Waals surface area contributed by atoms with Crippen LogP contribution in [0, 0.1) is 24.0 Å². The third-order valence-corrected chi connectivity index (χ3v) is 2.75. The fourth-order valence-corrected chi connectivity index (χ4v) is 1.86. The van der Waals surface area contributed by atoms with Crippen LogP contribution in [0.25, 0.3) is 11.1 Å². The number of benzene rings is 1. The summed E-state index contributed by atoms with van der Waals surface area (Å²) in [6.45, 7) is 3.42. The molecule has 0 amide bonds. The highest BCUT2D eigenvalue weighted by Gasteiger charge is 2.13. The Hall–Kier alpha value is -2.50. The van der Waals surface area contributed by atoms with Gasteiger partial charge in [-0.05, 0) is 19.4 Å². The van der Waals surface area contributed by atoms with Crippen LogP contribution in [-0.4, -0.2) is 15.1 Å². The molecule has 0 saturated carbocycles. The SMILES string of the molecule is Cc1n[nH]c(=O)c(C)c1-c1cccc([N+](=O)[O-])c1. The number of aromatic nitrogens is 2. The molecular weight excluding hydrogens is 234 g/mol. The van der Waals surface area contributed by atoms with Crippen molar-refractivity contribution in [3.05, 3.63) is 56.0 Å². The Morgan fingerprint density at radius 2 is 2.06 bits per heavy atom. The Morgan fingerprint density at radius 1 is 1.33 bits per heavy atom. The lowest BCUT2D eigenvalue weighted by atomic mass is 10.0. The Morgan fingerprint density at radius 3 is 2.72 bits per heavy atom. The van der Waals surface area contributed by atoms with Gasteiger partial charge >= 0.3 is 0 Å². The zero-order valence-corrected chi connectivity index (χ0v) is 9.93. The van der Waals surface area contributed by atoms with E-state index in [-0.39, 0.29) is 11.2 Å². The molecule has 1 aromatic carbocycles. The molecule has 0 saturated heterocycles. The number of aryl methyl sites for hydroxylation is 1. The van der Waals surface area contributed by atoms with Gasteiger partial charge in [-0.3, -0.25) is 14.9 Å². The predicted molar refractivity (Wildman–Crippen MR) is 66.4 cm³/mol. The third kappa shape index (κ3) is 2.00. The van der Waals surface area contributed by atoms with E-state index < -0.39 is 4.92 Å². The van der Waals surface area contributed by atoms with E-state index >= 15 is 0 Å². The molecule has 2 rings (SSSR count). The van der Waals surface area contributed by atoms with E-state index in [1.165, 1.54) is 12.1 Å². The molecule has 18 heavy (non-hydrogen) atoms. The van der Waals surface area contributed by atoms with Crippen molar-refractivity contribution in [3.63, 3.8) is 0 Å². The van der Waals surface area contributed by atoms with Gasteiger partial charge in [0.25, 0.3) is 11.2 Å². The van der Waals surface area contributed by atoms with Gasteiger partial charge in [0.1, 0.15) is 0 Å². The van der Waals surface area contributed by atoms with E-state index in [1.807, 2.05) is 0 Å². The van der Waals surface area contributed by atoms with Gasteiger partial charge in [0.05, 0.1) is 10.6 Å². The van der Waals surface area contributed by atoms with Crippen LogP contribution in [0.1, 0.15) is 11.3 Å². The lowest BCUT2D eigenvalue weighted by molar-refractivity contribution is -0.384. The molecule has 6 heteroatoms. The first-order valence-corrected chi connectivity index (χ1v) is 5.31. The molecule has 0 atom stereocenters. The van der Waals surface area contributed by atoms with Gasteiger partial charge < -0.3 is 0 Å². The standard InChI is InChI=1S/C12H11N3O3/c1-7-11(8(2)13-14-12(7)16)9-4-3-5-10(6-9)15(17)18/h3-6H,1-2H3,(H,14,16). The largest absolute Gasteiger partial charge is 0.270 e. The van der Waals surface area contributed by atoms with Crippen LogP contribution in [0.5, 0.6) is 0 Å². The van der Waals surface area contributed by atoms with Gasteiger partial charge in [0.15, 0.2) is 0 Å². The number of nitro groups is 1. The van der Waals surface area contributed by atoms with E-state index in [9.17, 15) is 14.9 Å². The summed E-state index contributed by atoms with van der Waals surface area (Å²) in [7, 11) is 0. The molecule has 92 valence electrons. The first kappa shape index (κ1) is 12.0. The van der Waals surface area contributed by atoms with Crippen molar-refractivity contribution >= 4 is 5.69 Å². The van der Waals surface area contributed by atoms with Gasteiger partial charge in [0, 0.05) is 23.3 Å². The Labute approximate surface area is 102 Å². The quantitative estimate of drug-likeness (QED) is 0.647. The first-order chi connectivity index (χ1) is 8.50. The van der Waals surface area contributed by atoms with E-state index in [2.05, 4.69) is 10.2 Å². The van der Waals surface area contributed by atoms with Crippen molar-refractivity contribution in [2.24, 2.45) is 0 Å². The van der Waals surface area contributed by atoms with Crippen molar-refractivity contribution in [2.45, 2.75) is 13.8 Å². The van der Waals surface area contributed by atoms with E-state index in [0.717, 1.165) is 0 Å². The van der Waals surface area contributed by atoms with Crippen LogP contribution < -0.4 is 5.56 Å². The summed E-state index contributed by atoms with van der Waals surface area (Å²) in [6.07, 6.45) is 0. The molecule has 2 aromatic rings. The highest BCUT2D eigenvalue weighted by Crippen LogP contribution is 2.26. The fourth-order valence-electron chi connectivity index (χ4n) is 1.86. The van der Waals surface area contributed by atoms with Gasteiger partial charge in [0.2, 0.25) is 0 Å². The van der Waals surface area contributed by atoms with Crippen molar-refractivity contribution in [3.8, 4) is 11.1 Å². The number of rotatable bonds is 2. The summed E-state index contributed by atoms with van der Waals surface area (Å²) in [5.74, 6) is 0. The number of nitrogens with zero attached hydrogens (tertiary/aromatic N) is 2. The Balaban J connectivity index is 2.69. The number of hydrogen-bond acceptors (Lipinski definition) is 4. The molecule has 1 heterocycles. The van der Waals surface area contributed by atoms with Crippen LogP contribution in [0.3, 0.4) is 0 Å². The van der Waals surface area contributed by atoms with Crippen LogP contribution in [0.4, 0.5) is 5.69 Å². The number of H-pyrrole nitrogens is 1. The fraction of sp³-hybridized carbons (Fsp3) is 0.167. The Kier molecular flexibility index (Phi) is 2.93. The second-order valence-corrected chi connectivity index (χ2v) is 3.95. The molecule has 0 bridgehead atoms. The zero-order valence-electron chi connectivity index (χ0n) is 9.93. The first-order valence-electron chi connectivity index (χ1n) is 5.31. The van der Waals surface area contributed by atoms with E-state index in [1.54, 1.807) is 26.0 Å². The molecule has 0 aliphatic carbocycles. The molecule has 0 aliphatic heterocycles. The molecule has 0 fully saturated rings. The van der Waals surface area contributed by atoms with Crippen LogP contribution in [0.2, 0.25) is 0 Å². The van der Waals surface area contributed by atoms with Crippen molar-refractivity contribution in [1.82, 2.24) is 10.2 Å². The normalized spacial score (nSPS) is 10.3. The predicted octanol–water partition coefficient (Wildman–Crippen LogP) is 1.96. The molecule has 1 aromatic heterocycles. The maximum absolute atomic E-state index is 11.5. The van der Waals surface area contributed by atoms with Crippen LogP contribution in [0.15, 0.2) is 29.1 Å². The summed E-state index contributed by atoms with van der Waals surface area (Å²) < 4.78 is 0. The highest BCUT2D eigenvalue weighted by atomic mass is 16.6. The number of nitro benzene ring substituents is 1. The molecular formula is C12H11N3O3. The highest BCUT2D eigenvalue weighted by molar-refractivity contribution is 5.70. The minimum absolute atomic E-state index is 0.00779. The second-order valence-electron chi connectivity index (χ2n) is 3.95. The lowest BCUT2D eigenvalue weighted by Crippen LogP contribution is -2.14. The summed E-state index contributed by atoms with van der Waals surface area (Å²) in [5.41, 5.74) is 2.10. The summed E-state index contributed by atoms with van der Waals surface area (Å²) in [4.78, 5) is 21.8. The average molecular weight is 245 g/mol. The van der Waals surface area contributed by atoms with Gasteiger partial charge in [-0.1, -0.05) is 12.1 Å².